The monoisotopic (exact) mass is 399 g/mol. The molecule has 1 aliphatic heterocycles. The molecule has 28 heavy (non-hydrogen) atoms. The minimum Gasteiger partial charge on any atom is -0.493 e. The highest BCUT2D eigenvalue weighted by atomic mass is 32.2. The molecule has 1 fully saturated rings. The summed E-state index contributed by atoms with van der Waals surface area (Å²) in [6.45, 7) is 0.525. The predicted molar refractivity (Wildman–Crippen MR) is 109 cm³/mol. The number of nitrogens with one attached hydrogen (secondary N) is 3. The van der Waals surface area contributed by atoms with Crippen LogP contribution in [0.2, 0.25) is 0 Å². The van der Waals surface area contributed by atoms with Crippen molar-refractivity contribution in [2.75, 3.05) is 19.0 Å². The molecule has 1 atom stereocenters. The fraction of sp³-hybridized carbons (Fsp3) is 0.250. The SMILES string of the molecule is CNC(=O)Nc1ccc(CCOc2ccc(CC3SC(=O)NC3=O)cc2)cc1. The fourth-order valence-electron chi connectivity index (χ4n) is 2.70. The Labute approximate surface area is 167 Å². The first-order chi connectivity index (χ1) is 13.5. The summed E-state index contributed by atoms with van der Waals surface area (Å²) >= 11 is 1.03. The van der Waals surface area contributed by atoms with Crippen LogP contribution >= 0.6 is 11.8 Å². The summed E-state index contributed by atoms with van der Waals surface area (Å²) in [7, 11) is 1.57. The number of anilines is 1. The Morgan fingerprint density at radius 1 is 1.07 bits per heavy atom. The van der Waals surface area contributed by atoms with Gasteiger partial charge in [-0.25, -0.2) is 4.79 Å². The Morgan fingerprint density at radius 2 is 1.75 bits per heavy atom. The van der Waals surface area contributed by atoms with Crippen LogP contribution in [0, 0.1) is 0 Å². The number of ether oxygens (including phenoxy) is 1. The lowest BCUT2D eigenvalue weighted by Crippen LogP contribution is -2.25. The van der Waals surface area contributed by atoms with Crippen LogP contribution in [0.3, 0.4) is 0 Å². The summed E-state index contributed by atoms with van der Waals surface area (Å²) in [5.74, 6) is 0.521. The average Bonchev–Trinajstić information content (AvgIpc) is 3.01. The first-order valence-electron chi connectivity index (χ1n) is 8.84. The average molecular weight is 399 g/mol. The zero-order chi connectivity index (χ0) is 19.9. The number of carbonyl (C=O) groups excluding carboxylic acids is 3. The van der Waals surface area contributed by atoms with Crippen molar-refractivity contribution in [3.05, 3.63) is 59.7 Å². The lowest BCUT2D eigenvalue weighted by atomic mass is 10.1. The van der Waals surface area contributed by atoms with Crippen LogP contribution in [0.4, 0.5) is 15.3 Å². The van der Waals surface area contributed by atoms with E-state index >= 15 is 0 Å². The lowest BCUT2D eigenvalue weighted by Gasteiger charge is -2.09. The van der Waals surface area contributed by atoms with Crippen molar-refractivity contribution in [3.8, 4) is 5.75 Å². The third kappa shape index (κ3) is 5.50. The van der Waals surface area contributed by atoms with Gasteiger partial charge in [0.05, 0.1) is 11.9 Å². The van der Waals surface area contributed by atoms with Crippen molar-refractivity contribution in [1.82, 2.24) is 10.6 Å². The van der Waals surface area contributed by atoms with Gasteiger partial charge in [-0.1, -0.05) is 36.0 Å². The zero-order valence-electron chi connectivity index (χ0n) is 15.4. The molecule has 1 saturated heterocycles. The van der Waals surface area contributed by atoms with Crippen molar-refractivity contribution >= 4 is 34.6 Å². The van der Waals surface area contributed by atoms with Crippen molar-refractivity contribution in [2.24, 2.45) is 0 Å². The minimum absolute atomic E-state index is 0.230. The molecule has 0 saturated carbocycles. The van der Waals surface area contributed by atoms with E-state index in [1.807, 2.05) is 48.5 Å². The lowest BCUT2D eigenvalue weighted by molar-refractivity contribution is -0.118. The van der Waals surface area contributed by atoms with Crippen molar-refractivity contribution in [3.63, 3.8) is 0 Å². The van der Waals surface area contributed by atoms with E-state index in [2.05, 4.69) is 16.0 Å². The van der Waals surface area contributed by atoms with E-state index in [0.29, 0.717) is 13.0 Å². The number of imide groups is 1. The molecule has 7 nitrogen and oxygen atoms in total. The zero-order valence-corrected chi connectivity index (χ0v) is 16.2. The van der Waals surface area contributed by atoms with Gasteiger partial charge in [0.15, 0.2) is 0 Å². The molecule has 3 rings (SSSR count). The van der Waals surface area contributed by atoms with Gasteiger partial charge in [-0.3, -0.25) is 14.9 Å². The van der Waals surface area contributed by atoms with E-state index in [9.17, 15) is 14.4 Å². The van der Waals surface area contributed by atoms with Gasteiger partial charge in [-0.05, 0) is 41.8 Å². The summed E-state index contributed by atoms with van der Waals surface area (Å²) < 4.78 is 5.77. The van der Waals surface area contributed by atoms with E-state index in [4.69, 9.17) is 4.74 Å². The molecule has 0 aliphatic carbocycles. The highest BCUT2D eigenvalue weighted by Gasteiger charge is 2.31. The van der Waals surface area contributed by atoms with Gasteiger partial charge in [-0.15, -0.1) is 0 Å². The largest absolute Gasteiger partial charge is 0.493 e. The smallest absolute Gasteiger partial charge is 0.318 e. The van der Waals surface area contributed by atoms with E-state index in [0.717, 1.165) is 40.7 Å². The second kappa shape index (κ2) is 9.27. The second-order valence-corrected chi connectivity index (χ2v) is 7.41. The third-order valence-electron chi connectivity index (χ3n) is 4.21. The van der Waals surface area contributed by atoms with Crippen LogP contribution in [0.1, 0.15) is 11.1 Å². The molecule has 1 heterocycles. The Kier molecular flexibility index (Phi) is 6.54. The number of benzene rings is 2. The summed E-state index contributed by atoms with van der Waals surface area (Å²) in [6.07, 6.45) is 1.25. The van der Waals surface area contributed by atoms with Crippen molar-refractivity contribution in [1.29, 1.82) is 0 Å². The summed E-state index contributed by atoms with van der Waals surface area (Å²) in [5.41, 5.74) is 2.82. The topological polar surface area (TPSA) is 96.5 Å². The van der Waals surface area contributed by atoms with E-state index in [-0.39, 0.29) is 22.4 Å². The Morgan fingerprint density at radius 3 is 2.36 bits per heavy atom. The summed E-state index contributed by atoms with van der Waals surface area (Å²) in [5, 5.41) is 6.86. The van der Waals surface area contributed by atoms with Gasteiger partial charge in [0.25, 0.3) is 5.24 Å². The minimum atomic E-state index is -0.361. The maximum Gasteiger partial charge on any atom is 0.318 e. The van der Waals surface area contributed by atoms with Crippen LogP contribution < -0.4 is 20.7 Å². The molecule has 4 amide bonds. The molecule has 1 unspecified atom stereocenters. The first kappa shape index (κ1) is 19.8. The fourth-order valence-corrected chi connectivity index (χ4v) is 3.56. The molecule has 0 aromatic heterocycles. The molecule has 8 heteroatoms. The normalized spacial score (nSPS) is 15.8. The summed E-state index contributed by atoms with van der Waals surface area (Å²) in [6, 6.07) is 14.9. The molecule has 146 valence electrons. The molecule has 1 aliphatic rings. The number of carbonyl (C=O) groups is 3. The van der Waals surface area contributed by atoms with E-state index in [1.54, 1.807) is 7.05 Å². The quantitative estimate of drug-likeness (QED) is 0.665. The maximum atomic E-state index is 11.6. The van der Waals surface area contributed by atoms with Gasteiger partial charge in [-0.2, -0.15) is 0 Å². The predicted octanol–water partition coefficient (Wildman–Crippen LogP) is 2.95. The van der Waals surface area contributed by atoms with E-state index in [1.165, 1.54) is 0 Å². The van der Waals surface area contributed by atoms with Gasteiger partial charge in [0.2, 0.25) is 5.91 Å². The highest BCUT2D eigenvalue weighted by molar-refractivity contribution is 8.15. The number of rotatable bonds is 7. The number of hydrogen-bond acceptors (Lipinski definition) is 5. The Balaban J connectivity index is 1.44. The molecule has 2 aromatic rings. The molecule has 0 bridgehead atoms. The Bertz CT molecular complexity index is 853. The summed E-state index contributed by atoms with van der Waals surface area (Å²) in [4.78, 5) is 34.1. The molecular weight excluding hydrogens is 378 g/mol. The van der Waals surface area contributed by atoms with Crippen LogP contribution in [0.5, 0.6) is 5.75 Å². The molecular formula is C20H21N3O4S. The third-order valence-corrected chi connectivity index (χ3v) is 5.19. The highest BCUT2D eigenvalue weighted by Crippen LogP contribution is 2.24. The Hall–Kier alpha value is -3.00. The van der Waals surface area contributed by atoms with Crippen molar-refractivity contribution < 1.29 is 19.1 Å². The molecule has 3 N–H and O–H groups in total. The van der Waals surface area contributed by atoms with Crippen LogP contribution in [-0.2, 0) is 17.6 Å². The molecule has 0 spiro atoms. The van der Waals surface area contributed by atoms with Crippen LogP contribution in [0.15, 0.2) is 48.5 Å². The number of thioether (sulfide) groups is 1. The number of hydrogen-bond donors (Lipinski definition) is 3. The molecule has 2 aromatic carbocycles. The van der Waals surface area contributed by atoms with Gasteiger partial charge < -0.3 is 15.4 Å². The van der Waals surface area contributed by atoms with Crippen molar-refractivity contribution in [2.45, 2.75) is 18.1 Å². The van der Waals surface area contributed by atoms with Gasteiger partial charge >= 0.3 is 6.03 Å². The standard InChI is InChI=1S/C20H21N3O4S/c1-21-19(25)22-15-6-2-13(3-7-15)10-11-27-16-8-4-14(5-9-16)12-17-18(24)23-20(26)28-17/h2-9,17H,10-12H2,1H3,(H2,21,22,25)(H,23,24,26). The van der Waals surface area contributed by atoms with E-state index < -0.39 is 0 Å². The van der Waals surface area contributed by atoms with Gasteiger partial charge in [0, 0.05) is 19.2 Å². The molecule has 0 radical (unpaired) electrons. The van der Waals surface area contributed by atoms with Gasteiger partial charge in [0.1, 0.15) is 5.75 Å². The number of urea groups is 1. The number of amides is 4. The first-order valence-corrected chi connectivity index (χ1v) is 9.72. The second-order valence-electron chi connectivity index (χ2n) is 6.23. The maximum absolute atomic E-state index is 11.6. The van der Waals surface area contributed by atoms with Crippen LogP contribution in [0.25, 0.3) is 0 Å². The van der Waals surface area contributed by atoms with Crippen LogP contribution in [-0.4, -0.2) is 36.1 Å².